The van der Waals surface area contributed by atoms with Crippen LogP contribution in [0.15, 0.2) is 0 Å². The summed E-state index contributed by atoms with van der Waals surface area (Å²) in [4.78, 5) is 25.0. The molecule has 2 fully saturated rings. The number of likely N-dealkylation sites (tertiary alicyclic amines) is 1. The summed E-state index contributed by atoms with van der Waals surface area (Å²) >= 11 is 0. The molecule has 2 amide bonds. The van der Waals surface area contributed by atoms with Gasteiger partial charge in [0.05, 0.1) is 12.0 Å². The van der Waals surface area contributed by atoms with Crippen LogP contribution in [0.1, 0.15) is 45.4 Å². The second-order valence-corrected chi connectivity index (χ2v) is 6.41. The highest BCUT2D eigenvalue weighted by molar-refractivity contribution is 5.75. The van der Waals surface area contributed by atoms with Crippen LogP contribution in [-0.4, -0.2) is 52.3 Å². The van der Waals surface area contributed by atoms with Crippen LogP contribution in [0.25, 0.3) is 0 Å². The Morgan fingerprint density at radius 3 is 2.43 bits per heavy atom. The zero-order valence-electron chi connectivity index (χ0n) is 12.6. The highest BCUT2D eigenvalue weighted by Gasteiger charge is 2.30. The molecule has 0 bridgehead atoms. The molecule has 2 rings (SSSR count). The van der Waals surface area contributed by atoms with Crippen LogP contribution >= 0.6 is 0 Å². The van der Waals surface area contributed by atoms with Crippen molar-refractivity contribution in [2.75, 3.05) is 13.1 Å². The number of carboxylic acid groups (broad SMARTS) is 1. The van der Waals surface area contributed by atoms with E-state index >= 15 is 0 Å². The van der Waals surface area contributed by atoms with Gasteiger partial charge in [0.25, 0.3) is 0 Å². The maximum atomic E-state index is 12.2. The zero-order valence-corrected chi connectivity index (χ0v) is 12.6. The summed E-state index contributed by atoms with van der Waals surface area (Å²) in [7, 11) is 0. The molecule has 6 heteroatoms. The van der Waals surface area contributed by atoms with Gasteiger partial charge in [0, 0.05) is 19.1 Å². The van der Waals surface area contributed by atoms with Crippen molar-refractivity contribution in [1.82, 2.24) is 10.2 Å². The molecular formula is C15H26N2O4. The van der Waals surface area contributed by atoms with Crippen molar-refractivity contribution in [1.29, 1.82) is 0 Å². The number of piperidine rings is 1. The Hall–Kier alpha value is -1.30. The third kappa shape index (κ3) is 4.33. The first-order valence-corrected chi connectivity index (χ1v) is 7.93. The minimum atomic E-state index is -0.758. The number of carboxylic acids is 1. The quantitative estimate of drug-likeness (QED) is 0.735. The van der Waals surface area contributed by atoms with E-state index in [-0.39, 0.29) is 30.0 Å². The lowest BCUT2D eigenvalue weighted by Crippen LogP contribution is -2.50. The predicted octanol–water partition coefficient (Wildman–Crippen LogP) is 1.43. The van der Waals surface area contributed by atoms with Crippen LogP contribution in [0, 0.1) is 11.8 Å². The van der Waals surface area contributed by atoms with E-state index in [0.29, 0.717) is 25.9 Å². The Bertz CT molecular complexity index is 378. The Kier molecular flexibility index (Phi) is 5.45. The van der Waals surface area contributed by atoms with Gasteiger partial charge in [-0.1, -0.05) is 6.42 Å². The Morgan fingerprint density at radius 2 is 1.86 bits per heavy atom. The molecule has 6 nitrogen and oxygen atoms in total. The number of carbonyl (C=O) groups is 2. The highest BCUT2D eigenvalue weighted by Crippen LogP contribution is 2.25. The van der Waals surface area contributed by atoms with E-state index in [9.17, 15) is 14.7 Å². The van der Waals surface area contributed by atoms with Crippen LogP contribution in [0.5, 0.6) is 0 Å². The van der Waals surface area contributed by atoms with Crippen LogP contribution in [0.2, 0.25) is 0 Å². The fourth-order valence-corrected chi connectivity index (χ4v) is 3.40. The first kappa shape index (κ1) is 16.1. The van der Waals surface area contributed by atoms with Gasteiger partial charge in [-0.2, -0.15) is 0 Å². The molecule has 3 N–H and O–H groups in total. The molecule has 0 aromatic heterocycles. The van der Waals surface area contributed by atoms with E-state index < -0.39 is 5.97 Å². The average Bonchev–Trinajstić information content (AvgIpc) is 2.47. The van der Waals surface area contributed by atoms with Gasteiger partial charge in [0.2, 0.25) is 0 Å². The molecule has 0 aromatic rings. The lowest BCUT2D eigenvalue weighted by Gasteiger charge is -2.35. The molecule has 120 valence electrons. The van der Waals surface area contributed by atoms with Gasteiger partial charge in [-0.3, -0.25) is 4.79 Å². The van der Waals surface area contributed by atoms with E-state index in [1.54, 1.807) is 11.8 Å². The zero-order chi connectivity index (χ0) is 15.4. The van der Waals surface area contributed by atoms with Gasteiger partial charge in [0.1, 0.15) is 0 Å². The van der Waals surface area contributed by atoms with Gasteiger partial charge in [-0.05, 0) is 44.9 Å². The first-order chi connectivity index (χ1) is 9.97. The monoisotopic (exact) mass is 298 g/mol. The lowest BCUT2D eigenvalue weighted by atomic mass is 9.86. The van der Waals surface area contributed by atoms with Crippen molar-refractivity contribution in [3.63, 3.8) is 0 Å². The molecule has 21 heavy (non-hydrogen) atoms. The molecule has 2 aliphatic rings. The topological polar surface area (TPSA) is 89.9 Å². The van der Waals surface area contributed by atoms with Crippen LogP contribution in [0.4, 0.5) is 4.79 Å². The summed E-state index contributed by atoms with van der Waals surface area (Å²) in [6.45, 7) is 3.13. The van der Waals surface area contributed by atoms with Gasteiger partial charge in [-0.25, -0.2) is 4.79 Å². The van der Waals surface area contributed by atoms with Crippen LogP contribution in [-0.2, 0) is 4.79 Å². The summed E-state index contributed by atoms with van der Waals surface area (Å²) in [5.41, 5.74) is 0. The van der Waals surface area contributed by atoms with E-state index in [1.165, 1.54) is 0 Å². The predicted molar refractivity (Wildman–Crippen MR) is 77.9 cm³/mol. The van der Waals surface area contributed by atoms with Gasteiger partial charge < -0.3 is 20.4 Å². The molecule has 3 atom stereocenters. The first-order valence-electron chi connectivity index (χ1n) is 7.93. The van der Waals surface area contributed by atoms with Crippen molar-refractivity contribution < 1.29 is 19.8 Å². The molecule has 1 aliphatic carbocycles. The normalized spacial score (nSPS) is 29.0. The van der Waals surface area contributed by atoms with Gasteiger partial charge in [-0.15, -0.1) is 0 Å². The van der Waals surface area contributed by atoms with Gasteiger partial charge >= 0.3 is 12.0 Å². The van der Waals surface area contributed by atoms with Crippen molar-refractivity contribution in [2.24, 2.45) is 11.8 Å². The molecule has 1 aliphatic heterocycles. The van der Waals surface area contributed by atoms with Crippen LogP contribution < -0.4 is 5.32 Å². The SMILES string of the molecule is CC(O)C1CCN(C(=O)NC2CCCC(C(=O)O)C2)CC1. The second kappa shape index (κ2) is 7.11. The average molecular weight is 298 g/mol. The number of nitrogens with one attached hydrogen (secondary N) is 1. The highest BCUT2D eigenvalue weighted by atomic mass is 16.4. The molecule has 1 heterocycles. The fraction of sp³-hybridized carbons (Fsp3) is 0.867. The molecule has 0 spiro atoms. The van der Waals surface area contributed by atoms with Gasteiger partial charge in [0.15, 0.2) is 0 Å². The van der Waals surface area contributed by atoms with Crippen molar-refractivity contribution in [3.8, 4) is 0 Å². The van der Waals surface area contributed by atoms with E-state index in [4.69, 9.17) is 5.11 Å². The fourth-order valence-electron chi connectivity index (χ4n) is 3.40. The molecule has 0 radical (unpaired) electrons. The van der Waals surface area contributed by atoms with Crippen molar-refractivity contribution in [2.45, 2.75) is 57.6 Å². The number of hydrogen-bond acceptors (Lipinski definition) is 3. The largest absolute Gasteiger partial charge is 0.481 e. The maximum absolute atomic E-state index is 12.2. The Morgan fingerprint density at radius 1 is 1.19 bits per heavy atom. The standard InChI is InChI=1S/C15H26N2O4/c1-10(18)11-5-7-17(8-6-11)15(21)16-13-4-2-3-12(9-13)14(19)20/h10-13,18H,2-9H2,1H3,(H,16,21)(H,19,20). The third-order valence-corrected chi connectivity index (χ3v) is 4.86. The number of urea groups is 1. The van der Waals surface area contributed by atoms with E-state index in [1.807, 2.05) is 0 Å². The summed E-state index contributed by atoms with van der Waals surface area (Å²) in [5.74, 6) is -0.808. The van der Waals surface area contributed by atoms with Crippen molar-refractivity contribution in [3.05, 3.63) is 0 Å². The number of amides is 2. The summed E-state index contributed by atoms with van der Waals surface area (Å²) in [6, 6.07) is -0.114. The number of rotatable bonds is 3. The van der Waals surface area contributed by atoms with E-state index in [0.717, 1.165) is 25.7 Å². The minimum absolute atomic E-state index is 0.0261. The number of aliphatic hydroxyl groups is 1. The number of aliphatic hydroxyl groups excluding tert-OH is 1. The van der Waals surface area contributed by atoms with E-state index in [2.05, 4.69) is 5.32 Å². The van der Waals surface area contributed by atoms with Crippen LogP contribution in [0.3, 0.4) is 0 Å². The summed E-state index contributed by atoms with van der Waals surface area (Å²) in [6.07, 6.45) is 4.30. The number of carbonyl (C=O) groups excluding carboxylic acids is 1. The molecule has 3 unspecified atom stereocenters. The Labute approximate surface area is 125 Å². The Balaban J connectivity index is 1.78. The third-order valence-electron chi connectivity index (χ3n) is 4.86. The number of hydrogen-bond donors (Lipinski definition) is 3. The number of nitrogens with zero attached hydrogens (tertiary/aromatic N) is 1. The molecule has 1 saturated carbocycles. The van der Waals surface area contributed by atoms with Crippen molar-refractivity contribution >= 4 is 12.0 Å². The second-order valence-electron chi connectivity index (χ2n) is 6.41. The lowest BCUT2D eigenvalue weighted by molar-refractivity contribution is -0.143. The molecule has 1 saturated heterocycles. The summed E-state index contributed by atoms with van der Waals surface area (Å²) in [5, 5.41) is 21.6. The molecule has 0 aromatic carbocycles. The molecular weight excluding hydrogens is 272 g/mol. The summed E-state index contributed by atoms with van der Waals surface area (Å²) < 4.78 is 0. The maximum Gasteiger partial charge on any atom is 0.317 e. The smallest absolute Gasteiger partial charge is 0.317 e. The number of aliphatic carboxylic acids is 1. The minimum Gasteiger partial charge on any atom is -0.481 e.